The lowest BCUT2D eigenvalue weighted by Gasteiger charge is -2.19. The number of rotatable bonds is 6. The first kappa shape index (κ1) is 13.8. The molecule has 0 heterocycles. The molecule has 1 aromatic carbocycles. The molecule has 5 heteroatoms. The Morgan fingerprint density at radius 1 is 1.53 bits per heavy atom. The second kappa shape index (κ2) is 6.47. The van der Waals surface area contributed by atoms with E-state index in [1.165, 1.54) is 0 Å². The van der Waals surface area contributed by atoms with Crippen LogP contribution in [0.2, 0.25) is 5.02 Å². The molecule has 0 aromatic heterocycles. The topological polar surface area (TPSA) is 81.1 Å². The molecule has 0 radical (unpaired) electrons. The van der Waals surface area contributed by atoms with Gasteiger partial charge in [0.15, 0.2) is 0 Å². The van der Waals surface area contributed by atoms with Crippen LogP contribution in [-0.4, -0.2) is 18.5 Å². The fraction of sp³-hybridized carbons (Fsp3) is 0.417. The van der Waals surface area contributed by atoms with Crippen molar-refractivity contribution in [2.24, 2.45) is 11.5 Å². The maximum atomic E-state index is 11.3. The van der Waals surface area contributed by atoms with Gasteiger partial charge in [0.25, 0.3) is 5.91 Å². The monoisotopic (exact) mass is 255 g/mol. The SMILES string of the molecule is CCCC(CN)Nc1cccc(Cl)c1C(N)=O. The van der Waals surface area contributed by atoms with E-state index >= 15 is 0 Å². The molecule has 1 amide bonds. The van der Waals surface area contributed by atoms with E-state index in [-0.39, 0.29) is 6.04 Å². The third-order valence-electron chi connectivity index (χ3n) is 2.54. The highest BCUT2D eigenvalue weighted by Gasteiger charge is 2.14. The van der Waals surface area contributed by atoms with Gasteiger partial charge >= 0.3 is 0 Å². The van der Waals surface area contributed by atoms with Crippen LogP contribution in [0.25, 0.3) is 0 Å². The zero-order valence-corrected chi connectivity index (χ0v) is 10.6. The highest BCUT2D eigenvalue weighted by Crippen LogP contribution is 2.24. The maximum absolute atomic E-state index is 11.3. The first-order valence-electron chi connectivity index (χ1n) is 5.65. The van der Waals surface area contributed by atoms with E-state index in [2.05, 4.69) is 12.2 Å². The molecule has 1 aromatic rings. The van der Waals surface area contributed by atoms with Gasteiger partial charge in [0, 0.05) is 18.3 Å². The lowest BCUT2D eigenvalue weighted by Crippen LogP contribution is -2.30. The number of carbonyl (C=O) groups is 1. The van der Waals surface area contributed by atoms with E-state index in [1.807, 2.05) is 0 Å². The van der Waals surface area contributed by atoms with Crippen LogP contribution >= 0.6 is 11.6 Å². The predicted octanol–water partition coefficient (Wildman–Crippen LogP) is 1.98. The number of halogens is 1. The van der Waals surface area contributed by atoms with Gasteiger partial charge in [-0.25, -0.2) is 0 Å². The second-order valence-electron chi connectivity index (χ2n) is 3.89. The zero-order valence-electron chi connectivity index (χ0n) is 9.87. The van der Waals surface area contributed by atoms with Gasteiger partial charge in [0.05, 0.1) is 10.6 Å². The molecule has 4 nitrogen and oxygen atoms in total. The fourth-order valence-electron chi connectivity index (χ4n) is 1.71. The molecule has 0 bridgehead atoms. The van der Waals surface area contributed by atoms with Crippen LogP contribution in [0.1, 0.15) is 30.1 Å². The standard InChI is InChI=1S/C12H18ClN3O/c1-2-4-8(7-14)16-10-6-3-5-9(13)11(10)12(15)17/h3,5-6,8,16H,2,4,7,14H2,1H3,(H2,15,17). The Morgan fingerprint density at radius 2 is 2.24 bits per heavy atom. The van der Waals surface area contributed by atoms with Crippen molar-refractivity contribution in [2.45, 2.75) is 25.8 Å². The summed E-state index contributed by atoms with van der Waals surface area (Å²) in [6, 6.07) is 5.32. The number of carbonyl (C=O) groups excluding carboxylic acids is 1. The first-order chi connectivity index (χ1) is 8.10. The van der Waals surface area contributed by atoms with Crippen molar-refractivity contribution in [1.29, 1.82) is 0 Å². The van der Waals surface area contributed by atoms with Gasteiger partial charge in [-0.2, -0.15) is 0 Å². The van der Waals surface area contributed by atoms with E-state index in [4.69, 9.17) is 23.1 Å². The van der Waals surface area contributed by atoms with E-state index in [0.29, 0.717) is 22.8 Å². The minimum Gasteiger partial charge on any atom is -0.380 e. The minimum atomic E-state index is -0.537. The number of primary amides is 1. The Kier molecular flexibility index (Phi) is 5.25. The van der Waals surface area contributed by atoms with Crippen molar-refractivity contribution in [2.75, 3.05) is 11.9 Å². The summed E-state index contributed by atoms with van der Waals surface area (Å²) >= 11 is 5.96. The van der Waals surface area contributed by atoms with Gasteiger partial charge < -0.3 is 16.8 Å². The molecule has 0 aliphatic heterocycles. The summed E-state index contributed by atoms with van der Waals surface area (Å²) in [6.45, 7) is 2.58. The van der Waals surface area contributed by atoms with Crippen LogP contribution in [0.3, 0.4) is 0 Å². The smallest absolute Gasteiger partial charge is 0.252 e. The number of amides is 1. The van der Waals surface area contributed by atoms with E-state index in [1.54, 1.807) is 18.2 Å². The van der Waals surface area contributed by atoms with Crippen LogP contribution in [0.4, 0.5) is 5.69 Å². The Balaban J connectivity index is 2.97. The van der Waals surface area contributed by atoms with Crippen LogP contribution < -0.4 is 16.8 Å². The largest absolute Gasteiger partial charge is 0.380 e. The average Bonchev–Trinajstić information content (AvgIpc) is 2.28. The van der Waals surface area contributed by atoms with Crippen LogP contribution in [0.5, 0.6) is 0 Å². The highest BCUT2D eigenvalue weighted by molar-refractivity contribution is 6.34. The van der Waals surface area contributed by atoms with Crippen molar-refractivity contribution >= 4 is 23.2 Å². The van der Waals surface area contributed by atoms with Gasteiger partial charge in [-0.3, -0.25) is 4.79 Å². The van der Waals surface area contributed by atoms with E-state index in [9.17, 15) is 4.79 Å². The molecule has 0 saturated carbocycles. The highest BCUT2D eigenvalue weighted by atomic mass is 35.5. The first-order valence-corrected chi connectivity index (χ1v) is 6.02. The van der Waals surface area contributed by atoms with Crippen LogP contribution in [0.15, 0.2) is 18.2 Å². The summed E-state index contributed by atoms with van der Waals surface area (Å²) in [5.41, 5.74) is 11.9. The minimum absolute atomic E-state index is 0.122. The normalized spacial score (nSPS) is 12.2. The van der Waals surface area contributed by atoms with Gasteiger partial charge in [0.1, 0.15) is 0 Å². The molecule has 94 valence electrons. The Morgan fingerprint density at radius 3 is 2.76 bits per heavy atom. The van der Waals surface area contributed by atoms with Gasteiger partial charge in [-0.1, -0.05) is 31.0 Å². The Labute approximate surface area is 106 Å². The summed E-state index contributed by atoms with van der Waals surface area (Å²) in [5, 5.41) is 3.57. The second-order valence-corrected chi connectivity index (χ2v) is 4.30. The molecule has 0 fully saturated rings. The maximum Gasteiger partial charge on any atom is 0.252 e. The molecule has 0 aliphatic carbocycles. The van der Waals surface area contributed by atoms with Crippen molar-refractivity contribution < 1.29 is 4.79 Å². The lowest BCUT2D eigenvalue weighted by molar-refractivity contribution is 0.100. The summed E-state index contributed by atoms with van der Waals surface area (Å²) < 4.78 is 0. The van der Waals surface area contributed by atoms with Crippen LogP contribution in [-0.2, 0) is 0 Å². The molecule has 1 unspecified atom stereocenters. The summed E-state index contributed by atoms with van der Waals surface area (Å²) in [4.78, 5) is 11.3. The third-order valence-corrected chi connectivity index (χ3v) is 2.86. The van der Waals surface area contributed by atoms with Gasteiger partial charge in [-0.15, -0.1) is 0 Å². The number of hydrogen-bond acceptors (Lipinski definition) is 3. The fourth-order valence-corrected chi connectivity index (χ4v) is 1.98. The molecule has 17 heavy (non-hydrogen) atoms. The number of hydrogen-bond donors (Lipinski definition) is 3. The molecule has 5 N–H and O–H groups in total. The van der Waals surface area contributed by atoms with E-state index < -0.39 is 5.91 Å². The van der Waals surface area contributed by atoms with E-state index in [0.717, 1.165) is 12.8 Å². The van der Waals surface area contributed by atoms with Crippen LogP contribution in [0, 0.1) is 0 Å². The summed E-state index contributed by atoms with van der Waals surface area (Å²) in [7, 11) is 0. The number of nitrogens with one attached hydrogen (secondary N) is 1. The third kappa shape index (κ3) is 3.61. The summed E-state index contributed by atoms with van der Waals surface area (Å²) in [6.07, 6.45) is 1.95. The van der Waals surface area contributed by atoms with Crippen molar-refractivity contribution in [3.8, 4) is 0 Å². The molecule has 0 aliphatic rings. The quantitative estimate of drug-likeness (QED) is 0.727. The predicted molar refractivity (Wildman–Crippen MR) is 71.3 cm³/mol. The number of anilines is 1. The Hall–Kier alpha value is -1.26. The zero-order chi connectivity index (χ0) is 12.8. The van der Waals surface area contributed by atoms with Crippen molar-refractivity contribution in [1.82, 2.24) is 0 Å². The van der Waals surface area contributed by atoms with Crippen molar-refractivity contribution in [3.63, 3.8) is 0 Å². The molecule has 0 saturated heterocycles. The molecule has 1 atom stereocenters. The van der Waals surface area contributed by atoms with Crippen molar-refractivity contribution in [3.05, 3.63) is 28.8 Å². The summed E-state index contributed by atoms with van der Waals surface area (Å²) in [5.74, 6) is -0.537. The number of benzene rings is 1. The molecule has 1 rings (SSSR count). The number of nitrogens with two attached hydrogens (primary N) is 2. The van der Waals surface area contributed by atoms with Gasteiger partial charge in [0.2, 0.25) is 0 Å². The van der Waals surface area contributed by atoms with Gasteiger partial charge in [-0.05, 0) is 18.6 Å². The molecular formula is C12H18ClN3O. The molecular weight excluding hydrogens is 238 g/mol. The lowest BCUT2D eigenvalue weighted by atomic mass is 10.1. The average molecular weight is 256 g/mol. The molecule has 0 spiro atoms. The Bertz CT molecular complexity index is 395.